The van der Waals surface area contributed by atoms with Gasteiger partial charge < -0.3 is 15.6 Å². The molecule has 0 radical (unpaired) electrons. The first-order valence-corrected chi connectivity index (χ1v) is 10.9. The Hall–Kier alpha value is -4.10. The summed E-state index contributed by atoms with van der Waals surface area (Å²) in [7, 11) is 0. The van der Waals surface area contributed by atoms with Crippen LogP contribution in [0.1, 0.15) is 6.92 Å². The minimum atomic E-state index is -0.350. The molecule has 0 spiro atoms. The Morgan fingerprint density at radius 1 is 1.03 bits per heavy atom. The number of aryl methyl sites for hydroxylation is 1. The molecule has 0 atom stereocenters. The smallest absolute Gasteiger partial charge is 0.323 e. The van der Waals surface area contributed by atoms with Crippen molar-refractivity contribution in [2.45, 2.75) is 13.5 Å². The number of anilines is 2. The molecule has 0 aliphatic carbocycles. The molecule has 0 unspecified atom stereocenters. The molecular weight excluding hydrogens is 436 g/mol. The summed E-state index contributed by atoms with van der Waals surface area (Å²) in [5.74, 6) is 0. The summed E-state index contributed by atoms with van der Waals surface area (Å²) in [4.78, 5) is 20.1. The summed E-state index contributed by atoms with van der Waals surface area (Å²) >= 11 is 6.00. The van der Waals surface area contributed by atoms with E-state index in [-0.39, 0.29) is 6.03 Å². The van der Waals surface area contributed by atoms with Crippen molar-refractivity contribution >= 4 is 40.0 Å². The molecule has 0 aliphatic heterocycles. The summed E-state index contributed by atoms with van der Waals surface area (Å²) in [6.45, 7) is 2.80. The number of carbonyl (C=O) groups is 1. The Labute approximate surface area is 195 Å². The highest BCUT2D eigenvalue weighted by atomic mass is 35.5. The van der Waals surface area contributed by atoms with E-state index in [0.717, 1.165) is 40.0 Å². The van der Waals surface area contributed by atoms with Crippen LogP contribution < -0.4 is 10.6 Å². The van der Waals surface area contributed by atoms with E-state index in [9.17, 15) is 4.79 Å². The lowest BCUT2D eigenvalue weighted by atomic mass is 10.00. The van der Waals surface area contributed by atoms with Gasteiger partial charge in [0.15, 0.2) is 0 Å². The molecule has 0 aliphatic rings. The van der Waals surface area contributed by atoms with Crippen LogP contribution in [0.4, 0.5) is 16.2 Å². The van der Waals surface area contributed by atoms with E-state index in [2.05, 4.69) is 27.5 Å². The number of halogens is 1. The number of H-pyrrole nitrogens is 1. The van der Waals surface area contributed by atoms with Crippen LogP contribution in [-0.2, 0) is 6.54 Å². The maximum Gasteiger partial charge on any atom is 0.323 e. The van der Waals surface area contributed by atoms with Crippen molar-refractivity contribution in [3.8, 4) is 22.4 Å². The summed E-state index contributed by atoms with van der Waals surface area (Å²) in [6.07, 6.45) is 5.72. The molecule has 164 valence electrons. The number of urea groups is 1. The third kappa shape index (κ3) is 4.31. The van der Waals surface area contributed by atoms with Gasteiger partial charge in [-0.05, 0) is 55.0 Å². The van der Waals surface area contributed by atoms with Crippen molar-refractivity contribution in [2.75, 3.05) is 10.6 Å². The van der Waals surface area contributed by atoms with Crippen LogP contribution in [0, 0.1) is 0 Å². The zero-order valence-electron chi connectivity index (χ0n) is 17.8. The van der Waals surface area contributed by atoms with Gasteiger partial charge in [-0.1, -0.05) is 29.8 Å². The monoisotopic (exact) mass is 456 g/mol. The lowest BCUT2D eigenvalue weighted by Crippen LogP contribution is -2.19. The first-order valence-electron chi connectivity index (χ1n) is 10.5. The Kier molecular flexibility index (Phi) is 5.54. The van der Waals surface area contributed by atoms with Gasteiger partial charge in [0.25, 0.3) is 0 Å². The van der Waals surface area contributed by atoms with Crippen molar-refractivity contribution in [3.63, 3.8) is 0 Å². The fourth-order valence-corrected chi connectivity index (χ4v) is 3.98. The van der Waals surface area contributed by atoms with E-state index >= 15 is 0 Å². The maximum atomic E-state index is 12.5. The zero-order valence-corrected chi connectivity index (χ0v) is 18.6. The largest absolute Gasteiger partial charge is 0.346 e. The lowest BCUT2D eigenvalue weighted by Gasteiger charge is -2.10. The SMILES string of the molecule is CCn1cc(-c2ccnc3[nH]ccc23)c(-c2cccc(NC(=O)Nc3cccc(Cl)c3)c2)n1. The number of carbonyl (C=O) groups excluding carboxylic acids is 1. The van der Waals surface area contributed by atoms with Crippen LogP contribution in [-0.4, -0.2) is 25.8 Å². The van der Waals surface area contributed by atoms with Gasteiger partial charge in [-0.25, -0.2) is 9.78 Å². The highest BCUT2D eigenvalue weighted by Crippen LogP contribution is 2.35. The first-order chi connectivity index (χ1) is 16.1. The van der Waals surface area contributed by atoms with Gasteiger partial charge in [0.2, 0.25) is 0 Å². The molecule has 5 rings (SSSR count). The fourth-order valence-electron chi connectivity index (χ4n) is 3.79. The quantitative estimate of drug-likeness (QED) is 0.285. The van der Waals surface area contributed by atoms with Crippen molar-refractivity contribution < 1.29 is 4.79 Å². The number of nitrogens with zero attached hydrogens (tertiary/aromatic N) is 3. The number of rotatable bonds is 5. The second-order valence-electron chi connectivity index (χ2n) is 7.52. The van der Waals surface area contributed by atoms with Gasteiger partial charge in [0, 0.05) is 58.0 Å². The average Bonchev–Trinajstić information content (AvgIpc) is 3.46. The van der Waals surface area contributed by atoms with Crippen LogP contribution in [0.2, 0.25) is 5.02 Å². The minimum absolute atomic E-state index is 0.350. The number of aromatic nitrogens is 4. The van der Waals surface area contributed by atoms with E-state index in [1.807, 2.05) is 53.5 Å². The normalized spacial score (nSPS) is 11.0. The molecule has 2 aromatic carbocycles. The van der Waals surface area contributed by atoms with Gasteiger partial charge in [-0.2, -0.15) is 5.10 Å². The maximum absolute atomic E-state index is 12.5. The number of fused-ring (bicyclic) bond motifs is 1. The molecule has 8 heteroatoms. The molecule has 0 fully saturated rings. The molecule has 0 saturated heterocycles. The van der Waals surface area contributed by atoms with Gasteiger partial charge in [-0.15, -0.1) is 0 Å². The van der Waals surface area contributed by atoms with Gasteiger partial charge >= 0.3 is 6.03 Å². The summed E-state index contributed by atoms with van der Waals surface area (Å²) in [5.41, 5.74) is 5.90. The van der Waals surface area contributed by atoms with Gasteiger partial charge in [0.05, 0.1) is 0 Å². The number of hydrogen-bond acceptors (Lipinski definition) is 3. The van der Waals surface area contributed by atoms with Gasteiger partial charge in [-0.3, -0.25) is 4.68 Å². The van der Waals surface area contributed by atoms with E-state index in [0.29, 0.717) is 16.4 Å². The Morgan fingerprint density at radius 3 is 2.61 bits per heavy atom. The number of benzene rings is 2. The highest BCUT2D eigenvalue weighted by Gasteiger charge is 2.16. The standard InChI is InChI=1S/C25H21ClN6O/c1-2-32-15-22(20-9-11-27-24-21(20)10-12-28-24)23(31-32)16-5-3-7-18(13-16)29-25(33)30-19-8-4-6-17(26)14-19/h3-15H,2H2,1H3,(H,27,28)(H2,29,30,33). The molecule has 5 aromatic rings. The van der Waals surface area contributed by atoms with E-state index in [1.165, 1.54) is 0 Å². The van der Waals surface area contributed by atoms with E-state index < -0.39 is 0 Å². The molecular formula is C25H21ClN6O. The third-order valence-electron chi connectivity index (χ3n) is 5.31. The minimum Gasteiger partial charge on any atom is -0.346 e. The molecule has 33 heavy (non-hydrogen) atoms. The lowest BCUT2D eigenvalue weighted by molar-refractivity contribution is 0.262. The van der Waals surface area contributed by atoms with Crippen LogP contribution in [0.3, 0.4) is 0 Å². The molecule has 3 aromatic heterocycles. The summed E-state index contributed by atoms with van der Waals surface area (Å²) < 4.78 is 1.91. The van der Waals surface area contributed by atoms with Crippen LogP contribution in [0.5, 0.6) is 0 Å². The van der Waals surface area contributed by atoms with Crippen molar-refractivity contribution in [1.82, 2.24) is 19.7 Å². The molecule has 7 nitrogen and oxygen atoms in total. The van der Waals surface area contributed by atoms with Crippen LogP contribution >= 0.6 is 11.6 Å². The first kappa shape index (κ1) is 20.8. The van der Waals surface area contributed by atoms with Crippen LogP contribution in [0.25, 0.3) is 33.4 Å². The van der Waals surface area contributed by atoms with Crippen LogP contribution in [0.15, 0.2) is 79.3 Å². The molecule has 2 amide bonds. The fraction of sp³-hybridized carbons (Fsp3) is 0.0800. The molecule has 3 N–H and O–H groups in total. The predicted molar refractivity (Wildman–Crippen MR) is 133 cm³/mol. The highest BCUT2D eigenvalue weighted by molar-refractivity contribution is 6.30. The Balaban J connectivity index is 1.47. The molecule has 3 heterocycles. The van der Waals surface area contributed by atoms with Crippen molar-refractivity contribution in [1.29, 1.82) is 0 Å². The molecule has 0 saturated carbocycles. The van der Waals surface area contributed by atoms with E-state index in [1.54, 1.807) is 30.5 Å². The number of amides is 2. The number of pyridine rings is 1. The zero-order chi connectivity index (χ0) is 22.8. The molecule has 0 bridgehead atoms. The predicted octanol–water partition coefficient (Wildman–Crippen LogP) is 6.41. The second-order valence-corrected chi connectivity index (χ2v) is 7.95. The summed E-state index contributed by atoms with van der Waals surface area (Å²) in [5, 5.41) is 12.1. The Morgan fingerprint density at radius 2 is 1.82 bits per heavy atom. The summed E-state index contributed by atoms with van der Waals surface area (Å²) in [6, 6.07) is 18.3. The third-order valence-corrected chi connectivity index (χ3v) is 5.55. The topological polar surface area (TPSA) is 87.6 Å². The number of nitrogens with one attached hydrogen (secondary N) is 3. The Bertz CT molecular complexity index is 1450. The average molecular weight is 457 g/mol. The van der Waals surface area contributed by atoms with Crippen molar-refractivity contribution in [3.05, 3.63) is 84.3 Å². The number of hydrogen-bond donors (Lipinski definition) is 3. The van der Waals surface area contributed by atoms with E-state index in [4.69, 9.17) is 16.7 Å². The second kappa shape index (κ2) is 8.80. The van der Waals surface area contributed by atoms with Gasteiger partial charge in [0.1, 0.15) is 11.3 Å². The van der Waals surface area contributed by atoms with Crippen molar-refractivity contribution in [2.24, 2.45) is 0 Å². The number of aromatic amines is 1.